The van der Waals surface area contributed by atoms with Gasteiger partial charge in [0, 0.05) is 23.6 Å². The summed E-state index contributed by atoms with van der Waals surface area (Å²) in [5, 5.41) is 0. The Bertz CT molecular complexity index is 469. The van der Waals surface area contributed by atoms with Crippen LogP contribution in [-0.2, 0) is 0 Å². The zero-order chi connectivity index (χ0) is 12.1. The Kier molecular flexibility index (Phi) is 2.34. The third kappa shape index (κ3) is 1.70. The first-order valence-electron chi connectivity index (χ1n) is 7.19. The molecule has 3 atom stereocenters. The number of rotatable bonds is 3. The molecule has 1 aromatic rings. The van der Waals surface area contributed by atoms with Crippen molar-refractivity contribution in [3.8, 4) is 0 Å². The van der Waals surface area contributed by atoms with Crippen LogP contribution >= 0.6 is 0 Å². The number of fused-ring (bicyclic) bond motifs is 2. The second kappa shape index (κ2) is 3.92. The third-order valence-electron chi connectivity index (χ3n) is 4.98. The van der Waals surface area contributed by atoms with E-state index >= 15 is 0 Å². The maximum atomic E-state index is 5.54. The number of anilines is 1. The molecule has 0 radical (unpaired) electrons. The zero-order valence-electron chi connectivity index (χ0n) is 10.6. The number of nitrogens with one attached hydrogen (secondary N) is 1. The maximum absolute atomic E-state index is 5.54. The van der Waals surface area contributed by atoms with Crippen LogP contribution in [-0.4, -0.2) is 9.97 Å². The lowest BCUT2D eigenvalue weighted by Crippen LogP contribution is -2.16. The van der Waals surface area contributed by atoms with Gasteiger partial charge in [-0.15, -0.1) is 0 Å². The number of hydrogen-bond acceptors (Lipinski definition) is 4. The van der Waals surface area contributed by atoms with Gasteiger partial charge in [-0.05, 0) is 43.9 Å². The second-order valence-corrected chi connectivity index (χ2v) is 6.24. The van der Waals surface area contributed by atoms with Crippen LogP contribution in [0, 0.1) is 11.8 Å². The Morgan fingerprint density at radius 2 is 2.00 bits per heavy atom. The minimum atomic E-state index is 0.592. The molecule has 3 aliphatic carbocycles. The fourth-order valence-electron chi connectivity index (χ4n) is 3.87. The van der Waals surface area contributed by atoms with Crippen molar-refractivity contribution in [2.75, 3.05) is 5.43 Å². The molecule has 3 saturated carbocycles. The molecule has 3 aliphatic rings. The monoisotopic (exact) mass is 244 g/mol. The largest absolute Gasteiger partial charge is 0.308 e. The Balaban J connectivity index is 1.68. The standard InChI is InChI=1S/C14H20N4/c15-18-13-7-12(9-3-4-9)16-14(17-13)11-6-8-1-2-10(11)5-8/h7-11H,1-6,15H2,(H,16,17,18). The molecule has 4 heteroatoms. The average Bonchev–Trinajstić information content (AvgIpc) is 3.06. The highest BCUT2D eigenvalue weighted by Crippen LogP contribution is 2.52. The number of nitrogens with two attached hydrogens (primary N) is 1. The van der Waals surface area contributed by atoms with Gasteiger partial charge in [0.1, 0.15) is 11.6 Å². The van der Waals surface area contributed by atoms with Crippen LogP contribution in [0.1, 0.15) is 61.9 Å². The van der Waals surface area contributed by atoms with Gasteiger partial charge < -0.3 is 5.43 Å². The predicted octanol–water partition coefficient (Wildman–Crippen LogP) is 2.54. The van der Waals surface area contributed by atoms with E-state index in [4.69, 9.17) is 10.8 Å². The van der Waals surface area contributed by atoms with Crippen LogP contribution in [0.25, 0.3) is 0 Å². The number of nitrogen functional groups attached to an aromatic ring is 1. The van der Waals surface area contributed by atoms with Gasteiger partial charge in [-0.25, -0.2) is 15.8 Å². The summed E-state index contributed by atoms with van der Waals surface area (Å²) in [4.78, 5) is 9.45. The lowest BCUT2D eigenvalue weighted by Gasteiger charge is -2.21. The summed E-state index contributed by atoms with van der Waals surface area (Å²) in [5.74, 6) is 10.4. The minimum Gasteiger partial charge on any atom is -0.308 e. The van der Waals surface area contributed by atoms with E-state index < -0.39 is 0 Å². The Morgan fingerprint density at radius 3 is 2.61 bits per heavy atom. The molecule has 0 spiro atoms. The molecule has 0 saturated heterocycles. The number of hydrazine groups is 1. The van der Waals surface area contributed by atoms with Crippen LogP contribution in [0.15, 0.2) is 6.07 Å². The van der Waals surface area contributed by atoms with E-state index in [2.05, 4.69) is 10.4 Å². The Morgan fingerprint density at radius 1 is 1.11 bits per heavy atom. The first kappa shape index (κ1) is 10.7. The van der Waals surface area contributed by atoms with Crippen molar-refractivity contribution in [2.45, 2.75) is 50.4 Å². The molecular weight excluding hydrogens is 224 g/mol. The highest BCUT2D eigenvalue weighted by Gasteiger charge is 2.42. The van der Waals surface area contributed by atoms with E-state index in [0.717, 1.165) is 23.5 Å². The van der Waals surface area contributed by atoms with Crippen molar-refractivity contribution in [3.05, 3.63) is 17.6 Å². The van der Waals surface area contributed by atoms with E-state index in [1.54, 1.807) is 0 Å². The van der Waals surface area contributed by atoms with Crippen molar-refractivity contribution in [1.82, 2.24) is 9.97 Å². The molecule has 1 aromatic heterocycles. The van der Waals surface area contributed by atoms with Gasteiger partial charge in [0.2, 0.25) is 0 Å². The first-order valence-corrected chi connectivity index (χ1v) is 7.19. The van der Waals surface area contributed by atoms with Gasteiger partial charge in [-0.2, -0.15) is 0 Å². The molecule has 3 unspecified atom stereocenters. The van der Waals surface area contributed by atoms with Gasteiger partial charge >= 0.3 is 0 Å². The summed E-state index contributed by atoms with van der Waals surface area (Å²) in [6.45, 7) is 0. The summed E-state index contributed by atoms with van der Waals surface area (Å²) in [5.41, 5.74) is 3.91. The van der Waals surface area contributed by atoms with Crippen LogP contribution < -0.4 is 11.3 Å². The second-order valence-electron chi connectivity index (χ2n) is 6.24. The summed E-state index contributed by atoms with van der Waals surface area (Å²) in [6, 6.07) is 2.02. The molecular formula is C14H20N4. The quantitative estimate of drug-likeness (QED) is 0.633. The number of nitrogens with zero attached hydrogens (tertiary/aromatic N) is 2. The molecule has 1 heterocycles. The average molecular weight is 244 g/mol. The number of hydrogen-bond donors (Lipinski definition) is 2. The molecule has 3 N–H and O–H groups in total. The van der Waals surface area contributed by atoms with E-state index in [0.29, 0.717) is 11.8 Å². The summed E-state index contributed by atoms with van der Waals surface area (Å²) in [7, 11) is 0. The van der Waals surface area contributed by atoms with Crippen LogP contribution in [0.3, 0.4) is 0 Å². The van der Waals surface area contributed by atoms with E-state index in [9.17, 15) is 0 Å². The molecule has 96 valence electrons. The fraction of sp³-hybridized carbons (Fsp3) is 0.714. The van der Waals surface area contributed by atoms with Gasteiger partial charge in [-0.1, -0.05) is 6.42 Å². The molecule has 4 rings (SSSR count). The Hall–Kier alpha value is -1.16. The van der Waals surface area contributed by atoms with Gasteiger partial charge in [0.25, 0.3) is 0 Å². The highest BCUT2D eigenvalue weighted by atomic mass is 15.3. The van der Waals surface area contributed by atoms with Crippen molar-refractivity contribution in [3.63, 3.8) is 0 Å². The van der Waals surface area contributed by atoms with Gasteiger partial charge in [0.15, 0.2) is 0 Å². The minimum absolute atomic E-state index is 0.592. The first-order chi connectivity index (χ1) is 8.83. The summed E-state index contributed by atoms with van der Waals surface area (Å²) in [6.07, 6.45) is 8.04. The SMILES string of the molecule is NNc1cc(C2CC2)nc(C2CC3CCC2C3)n1. The fourth-order valence-corrected chi connectivity index (χ4v) is 3.87. The summed E-state index contributed by atoms with van der Waals surface area (Å²) < 4.78 is 0. The Labute approximate surface area is 107 Å². The molecule has 3 fully saturated rings. The van der Waals surface area contributed by atoms with Crippen LogP contribution in [0.5, 0.6) is 0 Å². The van der Waals surface area contributed by atoms with E-state index in [1.807, 2.05) is 6.07 Å². The van der Waals surface area contributed by atoms with Crippen LogP contribution in [0.4, 0.5) is 5.82 Å². The third-order valence-corrected chi connectivity index (χ3v) is 4.98. The molecule has 0 amide bonds. The van der Waals surface area contributed by atoms with Crippen molar-refractivity contribution in [2.24, 2.45) is 17.7 Å². The van der Waals surface area contributed by atoms with Gasteiger partial charge in [-0.3, -0.25) is 0 Å². The molecule has 4 nitrogen and oxygen atoms in total. The molecule has 18 heavy (non-hydrogen) atoms. The van der Waals surface area contributed by atoms with Crippen molar-refractivity contribution in [1.29, 1.82) is 0 Å². The van der Waals surface area contributed by atoms with Crippen molar-refractivity contribution >= 4 is 5.82 Å². The van der Waals surface area contributed by atoms with E-state index in [1.165, 1.54) is 44.2 Å². The van der Waals surface area contributed by atoms with Crippen LogP contribution in [0.2, 0.25) is 0 Å². The highest BCUT2D eigenvalue weighted by molar-refractivity contribution is 5.37. The van der Waals surface area contributed by atoms with Crippen molar-refractivity contribution < 1.29 is 0 Å². The number of aromatic nitrogens is 2. The summed E-state index contributed by atoms with van der Waals surface area (Å²) >= 11 is 0. The predicted molar refractivity (Wildman–Crippen MR) is 70.0 cm³/mol. The molecule has 0 aromatic carbocycles. The lowest BCUT2D eigenvalue weighted by atomic mass is 9.88. The smallest absolute Gasteiger partial charge is 0.143 e. The topological polar surface area (TPSA) is 63.8 Å². The zero-order valence-corrected chi connectivity index (χ0v) is 10.6. The lowest BCUT2D eigenvalue weighted by molar-refractivity contribution is 0.404. The van der Waals surface area contributed by atoms with E-state index in [-0.39, 0.29) is 0 Å². The molecule has 2 bridgehead atoms. The maximum Gasteiger partial charge on any atom is 0.143 e. The molecule has 0 aliphatic heterocycles. The normalized spacial score (nSPS) is 33.9. The van der Waals surface area contributed by atoms with Gasteiger partial charge in [0.05, 0.1) is 0 Å².